The van der Waals surface area contributed by atoms with Crippen molar-refractivity contribution in [1.82, 2.24) is 5.43 Å². The minimum absolute atomic E-state index is 0.0306. The number of hydrogen-bond donors (Lipinski definition) is 3. The number of rotatable bonds is 4. The summed E-state index contributed by atoms with van der Waals surface area (Å²) in [7, 11) is 1.47. The number of ether oxygens (including phenoxy) is 1. The number of aromatic hydroxyl groups is 1. The summed E-state index contributed by atoms with van der Waals surface area (Å²) in [6.45, 7) is 4.04. The fourth-order valence-corrected chi connectivity index (χ4v) is 1.40. The molecule has 98 valence electrons. The molecule has 1 rings (SSSR count). The monoisotopic (exact) mass is 251 g/mol. The first-order valence-electron chi connectivity index (χ1n) is 5.45. The van der Waals surface area contributed by atoms with Gasteiger partial charge in [0, 0.05) is 5.56 Å². The van der Waals surface area contributed by atoms with E-state index in [0.717, 1.165) is 5.56 Å². The van der Waals surface area contributed by atoms with E-state index < -0.39 is 6.03 Å². The van der Waals surface area contributed by atoms with Gasteiger partial charge in [0.15, 0.2) is 11.5 Å². The summed E-state index contributed by atoms with van der Waals surface area (Å²) in [5, 5.41) is 13.5. The molecule has 0 aliphatic rings. The number of primary amides is 1. The molecule has 0 unspecified atom stereocenters. The maximum Gasteiger partial charge on any atom is 0.332 e. The molecule has 0 saturated heterocycles. The van der Waals surface area contributed by atoms with Gasteiger partial charge in [-0.15, -0.1) is 0 Å². The summed E-state index contributed by atoms with van der Waals surface area (Å²) in [6, 6.07) is 2.77. The smallest absolute Gasteiger partial charge is 0.332 e. The molecule has 0 radical (unpaired) electrons. The van der Waals surface area contributed by atoms with Crippen LogP contribution in [0.15, 0.2) is 17.2 Å². The van der Waals surface area contributed by atoms with Crippen molar-refractivity contribution in [1.29, 1.82) is 0 Å². The highest BCUT2D eigenvalue weighted by Crippen LogP contribution is 2.32. The van der Waals surface area contributed by atoms with Gasteiger partial charge in [-0.25, -0.2) is 10.2 Å². The first kappa shape index (κ1) is 13.8. The topological polar surface area (TPSA) is 96.9 Å². The first-order chi connectivity index (χ1) is 8.45. The molecule has 0 saturated carbocycles. The van der Waals surface area contributed by atoms with E-state index in [4.69, 9.17) is 10.5 Å². The van der Waals surface area contributed by atoms with E-state index in [1.165, 1.54) is 13.3 Å². The number of phenols is 1. The number of carbonyl (C=O) groups excluding carboxylic acids is 1. The van der Waals surface area contributed by atoms with Crippen molar-refractivity contribution in [2.45, 2.75) is 19.8 Å². The Hall–Kier alpha value is -2.24. The van der Waals surface area contributed by atoms with E-state index in [1.54, 1.807) is 12.1 Å². The molecular formula is C12H17N3O3. The molecule has 0 atom stereocenters. The molecule has 0 spiro atoms. The van der Waals surface area contributed by atoms with E-state index in [2.05, 4.69) is 10.5 Å². The molecule has 18 heavy (non-hydrogen) atoms. The zero-order chi connectivity index (χ0) is 13.7. The van der Waals surface area contributed by atoms with Crippen molar-refractivity contribution in [3.63, 3.8) is 0 Å². The van der Waals surface area contributed by atoms with Crippen LogP contribution in [0.25, 0.3) is 0 Å². The van der Waals surface area contributed by atoms with E-state index in [0.29, 0.717) is 11.3 Å². The number of methoxy groups -OCH3 is 1. The number of benzene rings is 1. The fourth-order valence-electron chi connectivity index (χ4n) is 1.40. The number of amides is 2. The molecule has 0 bridgehead atoms. The largest absolute Gasteiger partial charge is 0.504 e. The van der Waals surface area contributed by atoms with Crippen LogP contribution in [-0.2, 0) is 0 Å². The molecule has 0 aromatic heterocycles. The Labute approximate surface area is 105 Å². The Bertz CT molecular complexity index is 470. The molecule has 4 N–H and O–H groups in total. The van der Waals surface area contributed by atoms with Crippen LogP contribution in [0.3, 0.4) is 0 Å². The lowest BCUT2D eigenvalue weighted by molar-refractivity contribution is 0.249. The highest BCUT2D eigenvalue weighted by molar-refractivity contribution is 5.86. The lowest BCUT2D eigenvalue weighted by Crippen LogP contribution is -2.24. The number of nitrogens with zero attached hydrogens (tertiary/aromatic N) is 1. The van der Waals surface area contributed by atoms with E-state index in [1.807, 2.05) is 13.8 Å². The van der Waals surface area contributed by atoms with Crippen LogP contribution in [0.5, 0.6) is 11.5 Å². The molecule has 0 aliphatic heterocycles. The third kappa shape index (κ3) is 3.38. The van der Waals surface area contributed by atoms with Crippen molar-refractivity contribution >= 4 is 12.2 Å². The quantitative estimate of drug-likeness (QED) is 0.559. The predicted molar refractivity (Wildman–Crippen MR) is 69.1 cm³/mol. The van der Waals surface area contributed by atoms with E-state index >= 15 is 0 Å². The van der Waals surface area contributed by atoms with Crippen molar-refractivity contribution in [3.8, 4) is 11.5 Å². The SMILES string of the molecule is COc1cc(C(C)C)cc(C=NNC(N)=O)c1O. The number of hydrazone groups is 1. The summed E-state index contributed by atoms with van der Waals surface area (Å²) in [4.78, 5) is 10.5. The summed E-state index contributed by atoms with van der Waals surface area (Å²) in [5.74, 6) is 0.606. The zero-order valence-electron chi connectivity index (χ0n) is 10.6. The van der Waals surface area contributed by atoms with Crippen LogP contribution in [0, 0.1) is 0 Å². The van der Waals surface area contributed by atoms with Gasteiger partial charge in [0.05, 0.1) is 13.3 Å². The predicted octanol–water partition coefficient (Wildman–Crippen LogP) is 1.53. The van der Waals surface area contributed by atoms with Gasteiger partial charge in [-0.05, 0) is 23.6 Å². The number of phenolic OH excluding ortho intramolecular Hbond substituents is 1. The van der Waals surface area contributed by atoms with Gasteiger partial charge >= 0.3 is 6.03 Å². The second kappa shape index (κ2) is 5.90. The molecule has 6 heteroatoms. The molecule has 0 aliphatic carbocycles. The Morgan fingerprint density at radius 2 is 2.22 bits per heavy atom. The highest BCUT2D eigenvalue weighted by Gasteiger charge is 2.11. The van der Waals surface area contributed by atoms with Gasteiger partial charge in [0.1, 0.15) is 0 Å². The van der Waals surface area contributed by atoms with Gasteiger partial charge in [-0.1, -0.05) is 13.8 Å². The number of nitrogens with two attached hydrogens (primary N) is 1. The van der Waals surface area contributed by atoms with Crippen LogP contribution < -0.4 is 15.9 Å². The highest BCUT2D eigenvalue weighted by atomic mass is 16.5. The van der Waals surface area contributed by atoms with Gasteiger partial charge < -0.3 is 15.6 Å². The normalized spacial score (nSPS) is 10.9. The minimum Gasteiger partial charge on any atom is -0.504 e. The number of nitrogens with one attached hydrogen (secondary N) is 1. The summed E-state index contributed by atoms with van der Waals surface area (Å²) >= 11 is 0. The maximum absolute atomic E-state index is 10.5. The molecular weight excluding hydrogens is 234 g/mol. The third-order valence-electron chi connectivity index (χ3n) is 2.39. The average molecular weight is 251 g/mol. The minimum atomic E-state index is -0.766. The Morgan fingerprint density at radius 1 is 1.56 bits per heavy atom. The van der Waals surface area contributed by atoms with Gasteiger partial charge in [0.2, 0.25) is 0 Å². The van der Waals surface area contributed by atoms with Crippen LogP contribution in [0.4, 0.5) is 4.79 Å². The summed E-state index contributed by atoms with van der Waals surface area (Å²) < 4.78 is 5.08. The van der Waals surface area contributed by atoms with Crippen LogP contribution in [-0.4, -0.2) is 24.5 Å². The second-order valence-corrected chi connectivity index (χ2v) is 4.05. The van der Waals surface area contributed by atoms with Crippen molar-refractivity contribution in [2.24, 2.45) is 10.8 Å². The third-order valence-corrected chi connectivity index (χ3v) is 2.39. The van der Waals surface area contributed by atoms with E-state index in [9.17, 15) is 9.90 Å². The second-order valence-electron chi connectivity index (χ2n) is 4.05. The summed E-state index contributed by atoms with van der Waals surface area (Å²) in [5.41, 5.74) is 8.38. The zero-order valence-corrected chi connectivity index (χ0v) is 10.6. The molecule has 1 aromatic rings. The number of urea groups is 1. The number of hydrogen-bond acceptors (Lipinski definition) is 4. The maximum atomic E-state index is 10.5. The van der Waals surface area contributed by atoms with Gasteiger partial charge in [-0.2, -0.15) is 5.10 Å². The molecule has 0 heterocycles. The van der Waals surface area contributed by atoms with Crippen molar-refractivity contribution in [3.05, 3.63) is 23.3 Å². The lowest BCUT2D eigenvalue weighted by Gasteiger charge is -2.11. The van der Waals surface area contributed by atoms with Crippen molar-refractivity contribution < 1.29 is 14.6 Å². The standard InChI is InChI=1S/C12H17N3O3/c1-7(2)8-4-9(6-14-15-12(13)17)11(16)10(5-8)18-3/h4-7,16H,1-3H3,(H3,13,15,17). The van der Waals surface area contributed by atoms with Crippen LogP contribution in [0.2, 0.25) is 0 Å². The molecule has 2 amide bonds. The summed E-state index contributed by atoms with van der Waals surface area (Å²) in [6.07, 6.45) is 1.31. The molecule has 6 nitrogen and oxygen atoms in total. The van der Waals surface area contributed by atoms with E-state index in [-0.39, 0.29) is 11.7 Å². The van der Waals surface area contributed by atoms with Crippen LogP contribution in [0.1, 0.15) is 30.9 Å². The Balaban J connectivity index is 3.12. The fraction of sp³-hybridized carbons (Fsp3) is 0.333. The van der Waals surface area contributed by atoms with Gasteiger partial charge in [-0.3, -0.25) is 0 Å². The van der Waals surface area contributed by atoms with Gasteiger partial charge in [0.25, 0.3) is 0 Å². The Kier molecular flexibility index (Phi) is 4.53. The Morgan fingerprint density at radius 3 is 2.72 bits per heavy atom. The van der Waals surface area contributed by atoms with Crippen LogP contribution >= 0.6 is 0 Å². The molecule has 1 aromatic carbocycles. The average Bonchev–Trinajstić information content (AvgIpc) is 2.30. The first-order valence-corrected chi connectivity index (χ1v) is 5.45. The van der Waals surface area contributed by atoms with Crippen molar-refractivity contribution in [2.75, 3.05) is 7.11 Å². The number of carbonyl (C=O) groups is 1. The lowest BCUT2D eigenvalue weighted by atomic mass is 10.00. The molecule has 0 fully saturated rings.